The summed E-state index contributed by atoms with van der Waals surface area (Å²) >= 11 is 2.96. The van der Waals surface area contributed by atoms with Crippen LogP contribution in [-0.2, 0) is 9.59 Å². The van der Waals surface area contributed by atoms with Gasteiger partial charge in [0.25, 0.3) is 0 Å². The monoisotopic (exact) mass is 364 g/mol. The summed E-state index contributed by atoms with van der Waals surface area (Å²) in [5, 5.41) is 12.3. The number of para-hydroxylation sites is 1. The van der Waals surface area contributed by atoms with Crippen LogP contribution in [0.5, 0.6) is 0 Å². The van der Waals surface area contributed by atoms with Crippen LogP contribution in [0.3, 0.4) is 0 Å². The Labute approximate surface area is 148 Å². The lowest BCUT2D eigenvalue weighted by Gasteiger charge is -2.33. The standard InChI is InChI=1S/C17H20N2O3S2/c20-14(18-11-17(15(21)22)8-4-1-5-9-17)10-23-16-19-12-6-2-3-7-13(12)24-16/h2-3,6-7H,1,4-5,8-11H2,(H,18,20)(H,21,22). The molecule has 0 atom stereocenters. The summed E-state index contributed by atoms with van der Waals surface area (Å²) in [5.41, 5.74) is 0.159. The van der Waals surface area contributed by atoms with Crippen LogP contribution in [0.25, 0.3) is 10.2 Å². The number of rotatable bonds is 6. The van der Waals surface area contributed by atoms with Crippen molar-refractivity contribution in [1.82, 2.24) is 10.3 Å². The molecule has 0 radical (unpaired) electrons. The van der Waals surface area contributed by atoms with Crippen LogP contribution in [0, 0.1) is 5.41 Å². The van der Waals surface area contributed by atoms with Crippen molar-refractivity contribution >= 4 is 45.2 Å². The van der Waals surface area contributed by atoms with E-state index in [1.807, 2.05) is 24.3 Å². The van der Waals surface area contributed by atoms with Crippen LogP contribution in [0.4, 0.5) is 0 Å². The van der Waals surface area contributed by atoms with E-state index in [0.717, 1.165) is 33.8 Å². The second-order valence-electron chi connectivity index (χ2n) is 6.16. The summed E-state index contributed by atoms with van der Waals surface area (Å²) < 4.78 is 1.96. The minimum atomic E-state index is -0.790. The molecule has 1 aliphatic rings. The maximum absolute atomic E-state index is 12.1. The molecular formula is C17H20N2O3S2. The smallest absolute Gasteiger partial charge is 0.311 e. The van der Waals surface area contributed by atoms with Crippen molar-refractivity contribution in [2.24, 2.45) is 5.41 Å². The van der Waals surface area contributed by atoms with Gasteiger partial charge in [-0.25, -0.2) is 4.98 Å². The third kappa shape index (κ3) is 3.89. The molecule has 2 aromatic rings. The van der Waals surface area contributed by atoms with E-state index >= 15 is 0 Å². The van der Waals surface area contributed by atoms with Crippen molar-refractivity contribution in [2.75, 3.05) is 12.3 Å². The van der Waals surface area contributed by atoms with Crippen molar-refractivity contribution in [2.45, 2.75) is 36.4 Å². The van der Waals surface area contributed by atoms with Gasteiger partial charge in [0.2, 0.25) is 5.91 Å². The highest BCUT2D eigenvalue weighted by molar-refractivity contribution is 8.01. The number of hydrogen-bond acceptors (Lipinski definition) is 5. The molecule has 24 heavy (non-hydrogen) atoms. The molecule has 0 unspecified atom stereocenters. The van der Waals surface area contributed by atoms with Gasteiger partial charge in [0.1, 0.15) is 0 Å². The van der Waals surface area contributed by atoms with Gasteiger partial charge in [-0.3, -0.25) is 9.59 Å². The lowest BCUT2D eigenvalue weighted by atomic mass is 9.74. The average molecular weight is 364 g/mol. The second-order valence-corrected chi connectivity index (χ2v) is 8.41. The van der Waals surface area contributed by atoms with Gasteiger partial charge >= 0.3 is 5.97 Å². The van der Waals surface area contributed by atoms with E-state index in [2.05, 4.69) is 10.3 Å². The summed E-state index contributed by atoms with van der Waals surface area (Å²) in [7, 11) is 0. The molecule has 0 spiro atoms. The minimum Gasteiger partial charge on any atom is -0.481 e. The Morgan fingerprint density at radius 3 is 2.71 bits per heavy atom. The highest BCUT2D eigenvalue weighted by atomic mass is 32.2. The van der Waals surface area contributed by atoms with E-state index < -0.39 is 11.4 Å². The number of thioether (sulfide) groups is 1. The molecule has 5 nitrogen and oxygen atoms in total. The number of carboxylic acids is 1. The van der Waals surface area contributed by atoms with E-state index in [4.69, 9.17) is 0 Å². The Morgan fingerprint density at radius 2 is 2.00 bits per heavy atom. The minimum absolute atomic E-state index is 0.134. The molecule has 0 bridgehead atoms. The molecule has 1 amide bonds. The molecule has 1 saturated carbocycles. The first kappa shape index (κ1) is 17.2. The fourth-order valence-corrected chi connectivity index (χ4v) is 4.95. The van der Waals surface area contributed by atoms with Crippen molar-refractivity contribution in [3.8, 4) is 0 Å². The van der Waals surface area contributed by atoms with Gasteiger partial charge in [0.15, 0.2) is 4.34 Å². The van der Waals surface area contributed by atoms with Crippen LogP contribution in [0.2, 0.25) is 0 Å². The maximum Gasteiger partial charge on any atom is 0.311 e. The Balaban J connectivity index is 1.52. The summed E-state index contributed by atoms with van der Waals surface area (Å²) in [6.45, 7) is 0.224. The molecule has 1 fully saturated rings. The number of hydrogen-bond donors (Lipinski definition) is 2. The maximum atomic E-state index is 12.1. The van der Waals surface area contributed by atoms with E-state index in [9.17, 15) is 14.7 Å². The first-order valence-electron chi connectivity index (χ1n) is 8.08. The highest BCUT2D eigenvalue weighted by Gasteiger charge is 2.39. The van der Waals surface area contributed by atoms with Crippen molar-refractivity contribution < 1.29 is 14.7 Å². The molecule has 1 heterocycles. The number of aromatic nitrogens is 1. The predicted octanol–water partition coefficient (Wildman–Crippen LogP) is 3.54. The lowest BCUT2D eigenvalue weighted by molar-refractivity contribution is -0.150. The van der Waals surface area contributed by atoms with Crippen LogP contribution in [-0.4, -0.2) is 34.3 Å². The number of amides is 1. The zero-order valence-corrected chi connectivity index (χ0v) is 14.9. The molecule has 1 aromatic carbocycles. The van der Waals surface area contributed by atoms with Crippen LogP contribution in [0.15, 0.2) is 28.6 Å². The molecule has 0 aliphatic heterocycles. The first-order valence-corrected chi connectivity index (χ1v) is 9.88. The van der Waals surface area contributed by atoms with Gasteiger partial charge in [0.05, 0.1) is 21.4 Å². The molecule has 1 aliphatic carbocycles. The van der Waals surface area contributed by atoms with Crippen LogP contribution >= 0.6 is 23.1 Å². The predicted molar refractivity (Wildman–Crippen MR) is 96.5 cm³/mol. The lowest BCUT2D eigenvalue weighted by Crippen LogP contribution is -2.44. The van der Waals surface area contributed by atoms with E-state index in [1.54, 1.807) is 11.3 Å². The zero-order chi connectivity index (χ0) is 17.0. The highest BCUT2D eigenvalue weighted by Crippen LogP contribution is 2.36. The van der Waals surface area contributed by atoms with Gasteiger partial charge in [-0.05, 0) is 25.0 Å². The summed E-state index contributed by atoms with van der Waals surface area (Å²) in [5.74, 6) is -0.665. The number of nitrogens with zero attached hydrogens (tertiary/aromatic N) is 1. The summed E-state index contributed by atoms with van der Waals surface area (Å²) in [4.78, 5) is 28.2. The normalized spacial score (nSPS) is 16.8. The van der Waals surface area contributed by atoms with E-state index in [1.165, 1.54) is 11.8 Å². The first-order chi connectivity index (χ1) is 11.6. The molecule has 0 saturated heterocycles. The van der Waals surface area contributed by atoms with Gasteiger partial charge in [0, 0.05) is 6.54 Å². The molecule has 1 aromatic heterocycles. The van der Waals surface area contributed by atoms with Gasteiger partial charge < -0.3 is 10.4 Å². The number of carboxylic acid groups (broad SMARTS) is 1. The van der Waals surface area contributed by atoms with Gasteiger partial charge in [-0.15, -0.1) is 11.3 Å². The quantitative estimate of drug-likeness (QED) is 0.767. The fraction of sp³-hybridized carbons (Fsp3) is 0.471. The third-order valence-corrected chi connectivity index (χ3v) is 6.67. The largest absolute Gasteiger partial charge is 0.481 e. The molecule has 128 valence electrons. The van der Waals surface area contributed by atoms with Gasteiger partial charge in [-0.1, -0.05) is 43.2 Å². The summed E-state index contributed by atoms with van der Waals surface area (Å²) in [6.07, 6.45) is 4.21. The Bertz CT molecular complexity index is 705. The van der Waals surface area contributed by atoms with Gasteiger partial charge in [-0.2, -0.15) is 0 Å². The summed E-state index contributed by atoms with van der Waals surface area (Å²) in [6, 6.07) is 7.88. The fourth-order valence-electron chi connectivity index (χ4n) is 3.05. The SMILES string of the molecule is O=C(CSc1nc2ccccc2s1)NCC1(C(=O)O)CCCCC1. The van der Waals surface area contributed by atoms with Crippen molar-refractivity contribution in [3.05, 3.63) is 24.3 Å². The Kier molecular flexibility index (Phi) is 5.40. The Morgan fingerprint density at radius 1 is 1.25 bits per heavy atom. The van der Waals surface area contributed by atoms with Crippen LogP contribution in [0.1, 0.15) is 32.1 Å². The number of carbonyl (C=O) groups excluding carboxylic acids is 1. The molecular weight excluding hydrogens is 344 g/mol. The second kappa shape index (κ2) is 7.53. The molecule has 7 heteroatoms. The van der Waals surface area contributed by atoms with Crippen LogP contribution < -0.4 is 5.32 Å². The third-order valence-electron chi connectivity index (χ3n) is 4.49. The average Bonchev–Trinajstić information content (AvgIpc) is 3.02. The Hall–Kier alpha value is -1.60. The van der Waals surface area contributed by atoms with E-state index in [-0.39, 0.29) is 18.2 Å². The van der Waals surface area contributed by atoms with Crippen molar-refractivity contribution in [1.29, 1.82) is 0 Å². The number of aliphatic carboxylic acids is 1. The number of thiazole rings is 1. The number of fused-ring (bicyclic) bond motifs is 1. The molecule has 2 N–H and O–H groups in total. The number of benzene rings is 1. The number of carbonyl (C=O) groups is 2. The van der Waals surface area contributed by atoms with E-state index in [0.29, 0.717) is 12.8 Å². The molecule has 3 rings (SSSR count). The van der Waals surface area contributed by atoms with Crippen molar-refractivity contribution in [3.63, 3.8) is 0 Å². The topological polar surface area (TPSA) is 79.3 Å². The number of nitrogens with one attached hydrogen (secondary N) is 1. The zero-order valence-electron chi connectivity index (χ0n) is 13.3.